The highest BCUT2D eigenvalue weighted by molar-refractivity contribution is 7.86. The average Bonchev–Trinajstić information content (AvgIpc) is 2.70. The largest absolute Gasteiger partial charge is 0.505 e. The molecular formula is C17H13N2O11S3. The Labute approximate surface area is 187 Å². The molecule has 13 nitrogen and oxygen atoms in total. The number of phenols is 1. The first-order chi connectivity index (χ1) is 15.1. The monoisotopic (exact) mass is 517 g/mol. The Hall–Kier alpha value is -3.15. The third-order valence-electron chi connectivity index (χ3n) is 4.23. The zero-order valence-corrected chi connectivity index (χ0v) is 18.7. The molecule has 0 bridgehead atoms. The van der Waals surface area contributed by atoms with E-state index in [0.29, 0.717) is 6.07 Å². The maximum absolute atomic E-state index is 11.9. The van der Waals surface area contributed by atoms with Gasteiger partial charge in [-0.3, -0.25) is 13.7 Å². The molecule has 0 unspecified atom stereocenters. The van der Waals surface area contributed by atoms with Crippen LogP contribution >= 0.6 is 0 Å². The summed E-state index contributed by atoms with van der Waals surface area (Å²) in [6.07, 6.45) is 0. The van der Waals surface area contributed by atoms with Gasteiger partial charge in [-0.25, -0.2) is 0 Å². The molecule has 0 saturated heterocycles. The molecule has 0 saturated carbocycles. The van der Waals surface area contributed by atoms with Crippen molar-refractivity contribution < 1.29 is 48.8 Å². The molecule has 0 spiro atoms. The summed E-state index contributed by atoms with van der Waals surface area (Å²) in [6.45, 7) is 0. The molecule has 0 aliphatic rings. The SMILES string of the molecule is COc1ccc(/N=N/c2c(S(=O)(=O)O)cc3c(S(=O)(=O)O)cc[c]c3c2O)c(S(=O)(=O)O)c1. The topological polar surface area (TPSA) is 217 Å². The normalized spacial score (nSPS) is 13.0. The second-order valence-corrected chi connectivity index (χ2v) is 10.5. The van der Waals surface area contributed by atoms with Gasteiger partial charge >= 0.3 is 0 Å². The lowest BCUT2D eigenvalue weighted by molar-refractivity contribution is 0.412. The van der Waals surface area contributed by atoms with Crippen LogP contribution in [0.5, 0.6) is 11.5 Å². The van der Waals surface area contributed by atoms with Crippen LogP contribution in [-0.4, -0.2) is 51.1 Å². The molecule has 175 valence electrons. The quantitative estimate of drug-likeness (QED) is 0.275. The number of ether oxygens (including phenoxy) is 1. The van der Waals surface area contributed by atoms with Gasteiger partial charge < -0.3 is 9.84 Å². The van der Waals surface area contributed by atoms with Crippen LogP contribution in [0.15, 0.2) is 61.3 Å². The summed E-state index contributed by atoms with van der Waals surface area (Å²) in [6, 6.07) is 8.15. The molecule has 4 N–H and O–H groups in total. The Morgan fingerprint density at radius 3 is 1.97 bits per heavy atom. The minimum Gasteiger partial charge on any atom is -0.505 e. The number of hydrogen-bond donors (Lipinski definition) is 4. The fraction of sp³-hybridized carbons (Fsp3) is 0.0588. The summed E-state index contributed by atoms with van der Waals surface area (Å²) in [5.74, 6) is -0.975. The van der Waals surface area contributed by atoms with Gasteiger partial charge in [-0.2, -0.15) is 25.3 Å². The van der Waals surface area contributed by atoms with Crippen molar-refractivity contribution in [2.75, 3.05) is 7.11 Å². The molecule has 33 heavy (non-hydrogen) atoms. The number of azo groups is 1. The molecular weight excluding hydrogens is 504 g/mol. The first kappa shape index (κ1) is 24.5. The van der Waals surface area contributed by atoms with Crippen LogP contribution in [0.3, 0.4) is 0 Å². The summed E-state index contributed by atoms with van der Waals surface area (Å²) in [5.41, 5.74) is -1.39. The first-order valence-electron chi connectivity index (χ1n) is 8.37. The molecule has 3 aromatic carbocycles. The van der Waals surface area contributed by atoms with E-state index in [-0.39, 0.29) is 5.75 Å². The number of benzene rings is 3. The van der Waals surface area contributed by atoms with E-state index in [1.165, 1.54) is 13.2 Å². The van der Waals surface area contributed by atoms with Crippen molar-refractivity contribution in [2.24, 2.45) is 10.2 Å². The number of nitrogens with zero attached hydrogens (tertiary/aromatic N) is 2. The zero-order valence-electron chi connectivity index (χ0n) is 16.2. The summed E-state index contributed by atoms with van der Waals surface area (Å²) in [7, 11) is -13.6. The molecule has 0 fully saturated rings. The van der Waals surface area contributed by atoms with Gasteiger partial charge in [-0.05, 0) is 30.3 Å². The van der Waals surface area contributed by atoms with Gasteiger partial charge in [-0.15, -0.1) is 10.2 Å². The van der Waals surface area contributed by atoms with Gasteiger partial charge in [0.2, 0.25) is 0 Å². The van der Waals surface area contributed by atoms with Gasteiger partial charge in [-0.1, -0.05) is 6.07 Å². The Kier molecular flexibility index (Phi) is 6.18. The number of hydrogen-bond acceptors (Lipinski definition) is 10. The second-order valence-electron chi connectivity index (χ2n) is 6.30. The van der Waals surface area contributed by atoms with Crippen molar-refractivity contribution in [2.45, 2.75) is 14.7 Å². The maximum atomic E-state index is 11.9. The standard InChI is InChI=1S/C17H13N2O11S3/c1-30-9-5-6-12(14(7-9)32(24,25)26)18-19-16-15(33(27,28)29)8-11-10(17(16)20)3-2-4-13(11)31(21,22)23/h2,4-8,20H,1H3,(H,21,22,23)(H,24,25,26)(H,27,28,29)/b19-18+. The predicted molar refractivity (Wildman–Crippen MR) is 111 cm³/mol. The summed E-state index contributed by atoms with van der Waals surface area (Å²) >= 11 is 0. The Bertz CT molecular complexity index is 1630. The first-order valence-corrected chi connectivity index (χ1v) is 12.7. The minimum absolute atomic E-state index is 0.0288. The van der Waals surface area contributed by atoms with Crippen molar-refractivity contribution in [3.05, 3.63) is 42.5 Å². The van der Waals surface area contributed by atoms with Crippen LogP contribution in [0, 0.1) is 6.07 Å². The number of methoxy groups -OCH3 is 1. The van der Waals surface area contributed by atoms with E-state index in [1.807, 2.05) is 0 Å². The van der Waals surface area contributed by atoms with E-state index >= 15 is 0 Å². The summed E-state index contributed by atoms with van der Waals surface area (Å²) < 4.78 is 104. The molecule has 3 aromatic rings. The average molecular weight is 517 g/mol. The van der Waals surface area contributed by atoms with Gasteiger partial charge in [0.1, 0.15) is 31.8 Å². The van der Waals surface area contributed by atoms with Crippen LogP contribution in [0.4, 0.5) is 11.4 Å². The smallest absolute Gasteiger partial charge is 0.296 e. The molecule has 0 aliphatic carbocycles. The van der Waals surface area contributed by atoms with Crippen molar-refractivity contribution in [1.29, 1.82) is 0 Å². The van der Waals surface area contributed by atoms with Crippen molar-refractivity contribution in [3.8, 4) is 11.5 Å². The third-order valence-corrected chi connectivity index (χ3v) is 6.89. The summed E-state index contributed by atoms with van der Waals surface area (Å²) in [5, 5.41) is 16.7. The van der Waals surface area contributed by atoms with E-state index in [9.17, 15) is 44.0 Å². The van der Waals surface area contributed by atoms with E-state index in [4.69, 9.17) is 4.74 Å². The van der Waals surface area contributed by atoms with Gasteiger partial charge in [0.25, 0.3) is 30.4 Å². The van der Waals surface area contributed by atoms with Crippen LogP contribution in [0.1, 0.15) is 0 Å². The van der Waals surface area contributed by atoms with Crippen LogP contribution in [0.25, 0.3) is 10.8 Å². The lowest BCUT2D eigenvalue weighted by atomic mass is 10.1. The summed E-state index contributed by atoms with van der Waals surface area (Å²) in [4.78, 5) is -2.66. The molecule has 0 aromatic heterocycles. The van der Waals surface area contributed by atoms with E-state index in [2.05, 4.69) is 16.3 Å². The van der Waals surface area contributed by atoms with Crippen molar-refractivity contribution >= 4 is 52.5 Å². The van der Waals surface area contributed by atoms with Crippen molar-refractivity contribution in [3.63, 3.8) is 0 Å². The highest BCUT2D eigenvalue weighted by Gasteiger charge is 2.26. The minimum atomic E-state index is -5.15. The number of rotatable bonds is 6. The van der Waals surface area contributed by atoms with Gasteiger partial charge in [0.15, 0.2) is 5.75 Å². The second kappa shape index (κ2) is 8.32. The number of aromatic hydroxyl groups is 1. The van der Waals surface area contributed by atoms with Gasteiger partial charge in [0, 0.05) is 16.8 Å². The molecule has 0 amide bonds. The molecule has 16 heteroatoms. The fourth-order valence-corrected chi connectivity index (χ4v) is 4.76. The Morgan fingerprint density at radius 2 is 1.42 bits per heavy atom. The van der Waals surface area contributed by atoms with Gasteiger partial charge in [0.05, 0.1) is 7.11 Å². The highest BCUT2D eigenvalue weighted by atomic mass is 32.2. The predicted octanol–water partition coefficient (Wildman–Crippen LogP) is 2.51. The van der Waals surface area contributed by atoms with E-state index < -0.39 is 72.9 Å². The molecule has 0 aliphatic heterocycles. The number of fused-ring (bicyclic) bond motifs is 1. The van der Waals surface area contributed by atoms with Crippen LogP contribution in [0.2, 0.25) is 0 Å². The number of phenolic OH excluding ortho intramolecular Hbond substituents is 1. The fourth-order valence-electron chi connectivity index (χ4n) is 2.80. The van der Waals surface area contributed by atoms with Crippen LogP contribution < -0.4 is 4.74 Å². The Balaban J connectivity index is 2.35. The molecule has 1 radical (unpaired) electrons. The molecule has 0 heterocycles. The highest BCUT2D eigenvalue weighted by Crippen LogP contribution is 2.43. The lowest BCUT2D eigenvalue weighted by Gasteiger charge is -2.11. The molecule has 3 rings (SSSR count). The molecule has 0 atom stereocenters. The third kappa shape index (κ3) is 4.95. The van der Waals surface area contributed by atoms with E-state index in [1.54, 1.807) is 0 Å². The van der Waals surface area contributed by atoms with Crippen LogP contribution in [-0.2, 0) is 30.4 Å². The zero-order chi connectivity index (χ0) is 24.8. The Morgan fingerprint density at radius 1 is 0.818 bits per heavy atom. The van der Waals surface area contributed by atoms with E-state index in [0.717, 1.165) is 24.3 Å². The maximum Gasteiger partial charge on any atom is 0.296 e. The lowest BCUT2D eigenvalue weighted by Crippen LogP contribution is -2.03. The van der Waals surface area contributed by atoms with Crippen molar-refractivity contribution in [1.82, 2.24) is 0 Å².